The molecule has 5 heteroatoms. The van der Waals surface area contributed by atoms with Gasteiger partial charge in [-0.3, -0.25) is 0 Å². The SMILES string of the molecule is CCC(C#N)(CC)NC(=O)Nc1cccc(C#N)c1. The van der Waals surface area contributed by atoms with E-state index in [0.717, 1.165) is 0 Å². The lowest BCUT2D eigenvalue weighted by Crippen LogP contribution is -2.48. The Morgan fingerprint density at radius 2 is 2.00 bits per heavy atom. The van der Waals surface area contributed by atoms with Gasteiger partial charge in [-0.1, -0.05) is 19.9 Å². The number of rotatable bonds is 4. The predicted molar refractivity (Wildman–Crippen MR) is 72.2 cm³/mol. The number of carbonyl (C=O) groups excluding carboxylic acids is 1. The van der Waals surface area contributed by atoms with Crippen molar-refractivity contribution in [2.45, 2.75) is 32.2 Å². The number of benzene rings is 1. The van der Waals surface area contributed by atoms with Crippen LogP contribution >= 0.6 is 0 Å². The lowest BCUT2D eigenvalue weighted by molar-refractivity contribution is 0.242. The molecule has 2 amide bonds. The van der Waals surface area contributed by atoms with Crippen molar-refractivity contribution in [2.24, 2.45) is 0 Å². The average Bonchev–Trinajstić information content (AvgIpc) is 2.45. The molecule has 1 rings (SSSR count). The first-order valence-electron chi connectivity index (χ1n) is 6.09. The van der Waals surface area contributed by atoms with Crippen molar-refractivity contribution < 1.29 is 4.79 Å². The fourth-order valence-corrected chi connectivity index (χ4v) is 1.66. The predicted octanol–water partition coefficient (Wildman–Crippen LogP) is 2.76. The van der Waals surface area contributed by atoms with Crippen LogP contribution in [0, 0.1) is 22.7 Å². The van der Waals surface area contributed by atoms with Crippen LogP contribution in [0.2, 0.25) is 0 Å². The molecule has 0 atom stereocenters. The molecule has 0 spiro atoms. The van der Waals surface area contributed by atoms with Gasteiger partial charge in [-0.05, 0) is 31.0 Å². The van der Waals surface area contributed by atoms with Crippen LogP contribution in [0.1, 0.15) is 32.3 Å². The maximum absolute atomic E-state index is 11.8. The highest BCUT2D eigenvalue weighted by atomic mass is 16.2. The first-order valence-corrected chi connectivity index (χ1v) is 6.09. The third-order valence-electron chi connectivity index (χ3n) is 3.02. The fraction of sp³-hybridized carbons (Fsp3) is 0.357. The molecule has 0 heterocycles. The Kier molecular flexibility index (Phi) is 4.91. The average molecular weight is 256 g/mol. The Morgan fingerprint density at radius 1 is 1.32 bits per heavy atom. The van der Waals surface area contributed by atoms with E-state index < -0.39 is 11.6 Å². The molecule has 0 saturated heterocycles. The van der Waals surface area contributed by atoms with E-state index >= 15 is 0 Å². The summed E-state index contributed by atoms with van der Waals surface area (Å²) in [4.78, 5) is 11.8. The normalized spacial score (nSPS) is 10.1. The van der Waals surface area contributed by atoms with Crippen LogP contribution < -0.4 is 10.6 Å². The lowest BCUT2D eigenvalue weighted by atomic mass is 9.95. The highest BCUT2D eigenvalue weighted by molar-refractivity contribution is 5.90. The van der Waals surface area contributed by atoms with E-state index in [1.54, 1.807) is 24.3 Å². The maximum Gasteiger partial charge on any atom is 0.320 e. The van der Waals surface area contributed by atoms with Crippen LogP contribution in [-0.4, -0.2) is 11.6 Å². The number of anilines is 1. The Bertz CT molecular complexity index is 535. The molecule has 5 nitrogen and oxygen atoms in total. The Hall–Kier alpha value is -2.53. The maximum atomic E-state index is 11.8. The van der Waals surface area contributed by atoms with Crippen molar-refractivity contribution in [1.82, 2.24) is 5.32 Å². The van der Waals surface area contributed by atoms with Gasteiger partial charge in [-0.2, -0.15) is 10.5 Å². The Morgan fingerprint density at radius 3 is 2.53 bits per heavy atom. The summed E-state index contributed by atoms with van der Waals surface area (Å²) in [6.07, 6.45) is 1.07. The molecule has 2 N–H and O–H groups in total. The third kappa shape index (κ3) is 3.72. The van der Waals surface area contributed by atoms with Gasteiger partial charge in [0.15, 0.2) is 0 Å². The van der Waals surface area contributed by atoms with Crippen LogP contribution in [0.4, 0.5) is 10.5 Å². The summed E-state index contributed by atoms with van der Waals surface area (Å²) < 4.78 is 0. The minimum absolute atomic E-state index is 0.444. The molecule has 0 saturated carbocycles. The molecule has 0 aliphatic heterocycles. The van der Waals surface area contributed by atoms with Crippen molar-refractivity contribution >= 4 is 11.7 Å². The Balaban J connectivity index is 2.75. The van der Waals surface area contributed by atoms with E-state index in [2.05, 4.69) is 16.7 Å². The lowest BCUT2D eigenvalue weighted by Gasteiger charge is -2.24. The summed E-state index contributed by atoms with van der Waals surface area (Å²) in [6.45, 7) is 3.70. The monoisotopic (exact) mass is 256 g/mol. The molecule has 0 aromatic heterocycles. The van der Waals surface area contributed by atoms with Crippen LogP contribution in [-0.2, 0) is 0 Å². The van der Waals surface area contributed by atoms with E-state index in [1.807, 2.05) is 19.9 Å². The highest BCUT2D eigenvalue weighted by Crippen LogP contribution is 2.15. The van der Waals surface area contributed by atoms with E-state index in [9.17, 15) is 4.79 Å². The van der Waals surface area contributed by atoms with Crippen LogP contribution in [0.3, 0.4) is 0 Å². The van der Waals surface area contributed by atoms with E-state index in [1.165, 1.54) is 0 Å². The molecule has 98 valence electrons. The van der Waals surface area contributed by atoms with E-state index in [4.69, 9.17) is 10.5 Å². The second-order valence-electron chi connectivity index (χ2n) is 4.17. The highest BCUT2D eigenvalue weighted by Gasteiger charge is 2.27. The number of hydrogen-bond donors (Lipinski definition) is 2. The van der Waals surface area contributed by atoms with Gasteiger partial charge < -0.3 is 10.6 Å². The van der Waals surface area contributed by atoms with Gasteiger partial charge in [0.25, 0.3) is 0 Å². The number of nitrogens with zero attached hydrogens (tertiary/aromatic N) is 2. The van der Waals surface area contributed by atoms with Gasteiger partial charge in [-0.25, -0.2) is 4.79 Å². The van der Waals surface area contributed by atoms with Gasteiger partial charge in [0, 0.05) is 5.69 Å². The molecular formula is C14H16N4O. The minimum atomic E-state index is -0.850. The van der Waals surface area contributed by atoms with Crippen molar-refractivity contribution in [3.63, 3.8) is 0 Å². The first-order chi connectivity index (χ1) is 9.09. The first kappa shape index (κ1) is 14.5. The molecule has 0 bridgehead atoms. The van der Waals surface area contributed by atoms with Crippen molar-refractivity contribution in [1.29, 1.82) is 10.5 Å². The fourth-order valence-electron chi connectivity index (χ4n) is 1.66. The van der Waals surface area contributed by atoms with Crippen LogP contribution in [0.5, 0.6) is 0 Å². The largest absolute Gasteiger partial charge is 0.320 e. The molecule has 1 aromatic carbocycles. The summed E-state index contributed by atoms with van der Waals surface area (Å²) in [5.74, 6) is 0. The number of urea groups is 1. The molecule has 0 aliphatic rings. The van der Waals surface area contributed by atoms with Crippen molar-refractivity contribution in [3.8, 4) is 12.1 Å². The zero-order valence-corrected chi connectivity index (χ0v) is 11.0. The quantitative estimate of drug-likeness (QED) is 0.868. The second-order valence-corrected chi connectivity index (χ2v) is 4.17. The number of hydrogen-bond acceptors (Lipinski definition) is 3. The number of nitrogens with one attached hydrogen (secondary N) is 2. The van der Waals surface area contributed by atoms with Gasteiger partial charge >= 0.3 is 6.03 Å². The summed E-state index contributed by atoms with van der Waals surface area (Å²) in [6, 6.07) is 10.3. The molecule has 0 fully saturated rings. The summed E-state index contributed by atoms with van der Waals surface area (Å²) in [5, 5.41) is 23.2. The van der Waals surface area contributed by atoms with E-state index in [-0.39, 0.29) is 0 Å². The second kappa shape index (κ2) is 6.42. The summed E-state index contributed by atoms with van der Waals surface area (Å²) in [7, 11) is 0. The number of carbonyl (C=O) groups is 1. The number of nitriles is 2. The molecular weight excluding hydrogens is 240 g/mol. The standard InChI is InChI=1S/C14H16N4O/c1-3-14(4-2,10-16)18-13(19)17-12-7-5-6-11(8-12)9-15/h5-8H,3-4H2,1-2H3,(H2,17,18,19). The smallest absolute Gasteiger partial charge is 0.319 e. The number of amides is 2. The minimum Gasteiger partial charge on any atom is -0.319 e. The third-order valence-corrected chi connectivity index (χ3v) is 3.02. The molecule has 1 aromatic rings. The molecule has 19 heavy (non-hydrogen) atoms. The zero-order chi connectivity index (χ0) is 14.3. The molecule has 0 unspecified atom stereocenters. The van der Waals surface area contributed by atoms with Crippen LogP contribution in [0.25, 0.3) is 0 Å². The Labute approximate surface area is 112 Å². The van der Waals surface area contributed by atoms with Gasteiger partial charge in [0.2, 0.25) is 0 Å². The summed E-state index contributed by atoms with van der Waals surface area (Å²) >= 11 is 0. The van der Waals surface area contributed by atoms with E-state index in [0.29, 0.717) is 24.1 Å². The van der Waals surface area contributed by atoms with Gasteiger partial charge in [0.05, 0.1) is 17.7 Å². The topological polar surface area (TPSA) is 88.7 Å². The molecule has 0 aliphatic carbocycles. The zero-order valence-electron chi connectivity index (χ0n) is 11.0. The van der Waals surface area contributed by atoms with Crippen molar-refractivity contribution in [3.05, 3.63) is 29.8 Å². The summed E-state index contributed by atoms with van der Waals surface area (Å²) in [5.41, 5.74) is 0.141. The van der Waals surface area contributed by atoms with Crippen LogP contribution in [0.15, 0.2) is 24.3 Å². The van der Waals surface area contributed by atoms with Gasteiger partial charge in [0.1, 0.15) is 5.54 Å². The van der Waals surface area contributed by atoms with Crippen molar-refractivity contribution in [2.75, 3.05) is 5.32 Å². The molecule has 0 radical (unpaired) electrons. The van der Waals surface area contributed by atoms with Gasteiger partial charge in [-0.15, -0.1) is 0 Å².